The molecule has 116 valence electrons. The van der Waals surface area contributed by atoms with Crippen molar-refractivity contribution in [2.24, 2.45) is 11.1 Å². The van der Waals surface area contributed by atoms with Crippen LogP contribution in [0, 0.1) is 5.41 Å². The number of nitrogens with one attached hydrogen (secondary N) is 1. The van der Waals surface area contributed by atoms with Crippen LogP contribution in [0.1, 0.15) is 59.3 Å². The van der Waals surface area contributed by atoms with Crippen LogP contribution in [-0.4, -0.2) is 27.9 Å². The minimum atomic E-state index is -0.654. The van der Waals surface area contributed by atoms with E-state index in [1.165, 1.54) is 18.6 Å². The lowest BCUT2D eigenvalue weighted by molar-refractivity contribution is -0.128. The third kappa shape index (κ3) is 4.10. The van der Waals surface area contributed by atoms with Gasteiger partial charge in [0.05, 0.1) is 10.4 Å². The van der Waals surface area contributed by atoms with E-state index in [4.69, 9.17) is 18.0 Å². The van der Waals surface area contributed by atoms with Gasteiger partial charge in [0.15, 0.2) is 0 Å². The maximum absolute atomic E-state index is 12.7. The average Bonchev–Trinajstić information content (AvgIpc) is 2.82. The number of thiocarbonyl (C=S) groups is 1. The summed E-state index contributed by atoms with van der Waals surface area (Å²) in [6, 6.07) is 0. The SMILES string of the molecule is CCCC(CCC)(C(=O)NCC1(C)CCCS1)C(N)=S. The van der Waals surface area contributed by atoms with Gasteiger partial charge in [0.25, 0.3) is 0 Å². The molecule has 0 aromatic rings. The number of amides is 1. The highest BCUT2D eigenvalue weighted by Gasteiger charge is 2.41. The normalized spacial score (nSPS) is 22.8. The summed E-state index contributed by atoms with van der Waals surface area (Å²) in [6.45, 7) is 7.09. The fraction of sp³-hybridized carbons (Fsp3) is 0.867. The first-order chi connectivity index (χ1) is 9.40. The molecule has 0 bridgehead atoms. The highest BCUT2D eigenvalue weighted by Crippen LogP contribution is 2.37. The smallest absolute Gasteiger partial charge is 0.233 e. The van der Waals surface area contributed by atoms with Crippen molar-refractivity contribution in [2.45, 2.75) is 64.0 Å². The summed E-state index contributed by atoms with van der Waals surface area (Å²) >= 11 is 7.18. The molecular weight excluding hydrogens is 288 g/mol. The van der Waals surface area contributed by atoms with Crippen LogP contribution in [0.5, 0.6) is 0 Å². The van der Waals surface area contributed by atoms with E-state index in [0.29, 0.717) is 11.5 Å². The van der Waals surface area contributed by atoms with Crippen molar-refractivity contribution in [3.05, 3.63) is 0 Å². The van der Waals surface area contributed by atoms with Crippen LogP contribution in [0.15, 0.2) is 0 Å². The van der Waals surface area contributed by atoms with Gasteiger partial charge < -0.3 is 11.1 Å². The second-order valence-electron chi connectivity index (χ2n) is 6.03. The van der Waals surface area contributed by atoms with Gasteiger partial charge in [-0.2, -0.15) is 11.8 Å². The maximum Gasteiger partial charge on any atom is 0.233 e. The lowest BCUT2D eigenvalue weighted by Gasteiger charge is -2.33. The van der Waals surface area contributed by atoms with E-state index in [-0.39, 0.29) is 10.7 Å². The molecule has 0 aromatic heterocycles. The number of thioether (sulfide) groups is 1. The monoisotopic (exact) mass is 316 g/mol. The highest BCUT2D eigenvalue weighted by atomic mass is 32.2. The fourth-order valence-corrected chi connectivity index (χ4v) is 4.52. The Morgan fingerprint density at radius 3 is 2.40 bits per heavy atom. The molecule has 0 spiro atoms. The predicted molar refractivity (Wildman–Crippen MR) is 92.1 cm³/mol. The van der Waals surface area contributed by atoms with Crippen molar-refractivity contribution in [3.8, 4) is 0 Å². The van der Waals surface area contributed by atoms with Gasteiger partial charge in [0.1, 0.15) is 0 Å². The molecule has 1 saturated heterocycles. The molecule has 1 aliphatic rings. The Hall–Kier alpha value is -0.290. The highest BCUT2D eigenvalue weighted by molar-refractivity contribution is 8.00. The molecule has 0 radical (unpaired) electrons. The zero-order valence-corrected chi connectivity index (χ0v) is 14.6. The van der Waals surface area contributed by atoms with Gasteiger partial charge in [-0.25, -0.2) is 0 Å². The van der Waals surface area contributed by atoms with Crippen molar-refractivity contribution >= 4 is 34.9 Å². The Morgan fingerprint density at radius 2 is 2.00 bits per heavy atom. The van der Waals surface area contributed by atoms with Crippen molar-refractivity contribution in [2.75, 3.05) is 12.3 Å². The largest absolute Gasteiger partial charge is 0.392 e. The Labute approximate surface area is 132 Å². The molecular formula is C15H28N2OS2. The van der Waals surface area contributed by atoms with Crippen LogP contribution >= 0.6 is 24.0 Å². The minimum Gasteiger partial charge on any atom is -0.392 e. The van der Waals surface area contributed by atoms with E-state index in [0.717, 1.165) is 25.7 Å². The molecule has 1 heterocycles. The third-order valence-corrected chi connectivity index (χ3v) is 6.11. The summed E-state index contributed by atoms with van der Waals surface area (Å²) in [5.74, 6) is 1.22. The van der Waals surface area contributed by atoms with Crippen molar-refractivity contribution in [1.29, 1.82) is 0 Å². The van der Waals surface area contributed by atoms with E-state index in [9.17, 15) is 4.79 Å². The van der Waals surface area contributed by atoms with Crippen LogP contribution in [-0.2, 0) is 4.79 Å². The van der Waals surface area contributed by atoms with E-state index in [2.05, 4.69) is 26.1 Å². The third-order valence-electron chi connectivity index (χ3n) is 4.18. The number of rotatable bonds is 8. The predicted octanol–water partition coefficient (Wildman–Crippen LogP) is 3.26. The van der Waals surface area contributed by atoms with Gasteiger partial charge in [0.2, 0.25) is 5.91 Å². The molecule has 1 atom stereocenters. The number of hydrogen-bond donors (Lipinski definition) is 2. The number of nitrogens with two attached hydrogens (primary N) is 1. The molecule has 3 N–H and O–H groups in total. The summed E-state index contributed by atoms with van der Waals surface area (Å²) in [6.07, 6.45) is 5.71. The molecule has 0 aliphatic carbocycles. The molecule has 1 aliphatic heterocycles. The zero-order chi connectivity index (χ0) is 15.2. The second-order valence-corrected chi connectivity index (χ2v) is 8.15. The van der Waals surface area contributed by atoms with E-state index >= 15 is 0 Å². The van der Waals surface area contributed by atoms with Gasteiger partial charge in [-0.15, -0.1) is 0 Å². The summed E-state index contributed by atoms with van der Waals surface area (Å²) in [5.41, 5.74) is 5.27. The van der Waals surface area contributed by atoms with Gasteiger partial charge >= 0.3 is 0 Å². The molecule has 0 aromatic carbocycles. The lowest BCUT2D eigenvalue weighted by Crippen LogP contribution is -2.51. The first-order valence-corrected chi connectivity index (χ1v) is 9.02. The summed E-state index contributed by atoms with van der Waals surface area (Å²) < 4.78 is 0.177. The van der Waals surface area contributed by atoms with Gasteiger partial charge in [-0.3, -0.25) is 4.79 Å². The fourth-order valence-electron chi connectivity index (χ4n) is 2.98. The summed E-state index contributed by atoms with van der Waals surface area (Å²) in [5, 5.41) is 3.13. The van der Waals surface area contributed by atoms with Gasteiger partial charge in [0, 0.05) is 11.3 Å². The van der Waals surface area contributed by atoms with Gasteiger partial charge in [-0.1, -0.05) is 38.9 Å². The van der Waals surface area contributed by atoms with E-state index < -0.39 is 5.41 Å². The number of hydrogen-bond acceptors (Lipinski definition) is 3. The Kier molecular flexibility index (Phi) is 6.79. The van der Waals surface area contributed by atoms with Gasteiger partial charge in [-0.05, 0) is 38.4 Å². The Bertz CT molecular complexity index is 346. The molecule has 1 rings (SSSR count). The second kappa shape index (κ2) is 7.64. The molecule has 0 saturated carbocycles. The molecule has 1 amide bonds. The first-order valence-electron chi connectivity index (χ1n) is 7.62. The maximum atomic E-state index is 12.7. The van der Waals surface area contributed by atoms with Crippen LogP contribution in [0.25, 0.3) is 0 Å². The van der Waals surface area contributed by atoms with Crippen LogP contribution in [0.3, 0.4) is 0 Å². The van der Waals surface area contributed by atoms with E-state index in [1.54, 1.807) is 0 Å². The first kappa shape index (κ1) is 17.8. The van der Waals surface area contributed by atoms with Crippen molar-refractivity contribution in [1.82, 2.24) is 5.32 Å². The molecule has 3 nitrogen and oxygen atoms in total. The topological polar surface area (TPSA) is 55.1 Å². The molecule has 1 fully saturated rings. The minimum absolute atomic E-state index is 0.0300. The van der Waals surface area contributed by atoms with Crippen LogP contribution < -0.4 is 11.1 Å². The van der Waals surface area contributed by atoms with E-state index in [1.807, 2.05) is 11.8 Å². The molecule has 1 unspecified atom stereocenters. The standard InChI is InChI=1S/C15H28N2OS2/c1-4-7-15(8-5-2,12(16)19)13(18)17-11-14(3)9-6-10-20-14/h4-11H2,1-3H3,(H2,16,19)(H,17,18). The Balaban J connectivity index is 2.74. The van der Waals surface area contributed by atoms with Crippen LogP contribution in [0.2, 0.25) is 0 Å². The quantitative estimate of drug-likeness (QED) is 0.675. The average molecular weight is 317 g/mol. The summed E-state index contributed by atoms with van der Waals surface area (Å²) in [7, 11) is 0. The van der Waals surface area contributed by atoms with Crippen LogP contribution in [0.4, 0.5) is 0 Å². The summed E-state index contributed by atoms with van der Waals surface area (Å²) in [4.78, 5) is 13.0. The van der Waals surface area contributed by atoms with Crippen molar-refractivity contribution < 1.29 is 4.79 Å². The molecule has 5 heteroatoms. The lowest BCUT2D eigenvalue weighted by atomic mass is 9.78. The number of carbonyl (C=O) groups is 1. The molecule has 20 heavy (non-hydrogen) atoms. The zero-order valence-electron chi connectivity index (χ0n) is 13.0. The van der Waals surface area contributed by atoms with Crippen molar-refractivity contribution in [3.63, 3.8) is 0 Å². The Morgan fingerprint density at radius 1 is 1.40 bits per heavy atom. The number of carbonyl (C=O) groups excluding carboxylic acids is 1.